The van der Waals surface area contributed by atoms with Crippen LogP contribution in [-0.2, 0) is 11.2 Å². The molecule has 0 aliphatic rings. The summed E-state index contributed by atoms with van der Waals surface area (Å²) in [5, 5.41) is 2.91. The Bertz CT molecular complexity index is 615. The van der Waals surface area contributed by atoms with E-state index in [0.29, 0.717) is 5.56 Å². The molecule has 0 saturated carbocycles. The summed E-state index contributed by atoms with van der Waals surface area (Å²) < 4.78 is 14.0. The molecule has 0 radical (unpaired) electrons. The van der Waals surface area contributed by atoms with Gasteiger partial charge in [0, 0.05) is 4.47 Å². The van der Waals surface area contributed by atoms with Gasteiger partial charge in [0.1, 0.15) is 5.82 Å². The Hall–Kier alpha value is -1.68. The van der Waals surface area contributed by atoms with Crippen molar-refractivity contribution in [2.45, 2.75) is 19.4 Å². The van der Waals surface area contributed by atoms with Crippen molar-refractivity contribution in [2.24, 2.45) is 0 Å². The van der Waals surface area contributed by atoms with Gasteiger partial charge in [-0.15, -0.1) is 0 Å². The van der Waals surface area contributed by atoms with Gasteiger partial charge >= 0.3 is 0 Å². The van der Waals surface area contributed by atoms with Gasteiger partial charge < -0.3 is 5.32 Å². The molecule has 0 spiro atoms. The van der Waals surface area contributed by atoms with E-state index in [1.54, 1.807) is 12.1 Å². The van der Waals surface area contributed by atoms with E-state index in [2.05, 4.69) is 21.2 Å². The molecule has 2 aromatic carbocycles. The highest BCUT2D eigenvalue weighted by Gasteiger charge is 2.10. The third-order valence-corrected chi connectivity index (χ3v) is 3.47. The van der Waals surface area contributed by atoms with E-state index in [1.165, 1.54) is 12.1 Å². The molecule has 0 bridgehead atoms. The summed E-state index contributed by atoms with van der Waals surface area (Å²) in [4.78, 5) is 11.9. The van der Waals surface area contributed by atoms with Gasteiger partial charge in [-0.2, -0.15) is 0 Å². The Labute approximate surface area is 126 Å². The van der Waals surface area contributed by atoms with Crippen molar-refractivity contribution < 1.29 is 9.18 Å². The van der Waals surface area contributed by atoms with E-state index >= 15 is 0 Å². The lowest BCUT2D eigenvalue weighted by Gasteiger charge is -2.14. The first kappa shape index (κ1) is 14.7. The fourth-order valence-corrected chi connectivity index (χ4v) is 2.40. The number of carbonyl (C=O) groups is 1. The molecule has 4 heteroatoms. The molecule has 0 aliphatic heterocycles. The monoisotopic (exact) mass is 335 g/mol. The normalized spacial score (nSPS) is 11.9. The topological polar surface area (TPSA) is 29.1 Å². The summed E-state index contributed by atoms with van der Waals surface area (Å²) in [6, 6.07) is 13.8. The number of carbonyl (C=O) groups excluding carboxylic acids is 1. The molecular weight excluding hydrogens is 321 g/mol. The van der Waals surface area contributed by atoms with Crippen molar-refractivity contribution in [3.05, 3.63) is 69.9 Å². The number of benzene rings is 2. The van der Waals surface area contributed by atoms with Crippen LogP contribution < -0.4 is 5.32 Å². The highest BCUT2D eigenvalue weighted by molar-refractivity contribution is 9.10. The van der Waals surface area contributed by atoms with Gasteiger partial charge in [-0.25, -0.2) is 4.39 Å². The number of hydrogen-bond donors (Lipinski definition) is 1. The van der Waals surface area contributed by atoms with E-state index in [0.717, 1.165) is 10.0 Å². The van der Waals surface area contributed by atoms with Gasteiger partial charge in [0.15, 0.2) is 0 Å². The van der Waals surface area contributed by atoms with Crippen LogP contribution in [0.2, 0.25) is 0 Å². The molecule has 2 rings (SSSR count). The van der Waals surface area contributed by atoms with Crippen LogP contribution >= 0.6 is 15.9 Å². The Balaban J connectivity index is 1.97. The molecule has 0 aromatic heterocycles. The van der Waals surface area contributed by atoms with Crippen LogP contribution in [0.3, 0.4) is 0 Å². The maximum absolute atomic E-state index is 13.1. The van der Waals surface area contributed by atoms with Gasteiger partial charge in [0.05, 0.1) is 12.5 Å². The number of hydrogen-bond acceptors (Lipinski definition) is 1. The maximum atomic E-state index is 13.1. The van der Waals surface area contributed by atoms with E-state index in [1.807, 2.05) is 31.2 Å². The van der Waals surface area contributed by atoms with Crippen molar-refractivity contribution in [1.29, 1.82) is 0 Å². The third kappa shape index (κ3) is 4.17. The standard InChI is InChI=1S/C16H15BrFNO/c1-11(13-5-3-6-14(17)10-13)19-16(20)9-12-4-2-7-15(18)8-12/h2-8,10-11H,9H2,1H3,(H,19,20)/t11-/m0/s1. The molecule has 104 valence electrons. The molecule has 0 unspecified atom stereocenters. The number of nitrogens with one attached hydrogen (secondary N) is 1. The second-order valence-electron chi connectivity index (χ2n) is 4.65. The zero-order valence-electron chi connectivity index (χ0n) is 11.1. The molecule has 0 heterocycles. The zero-order valence-corrected chi connectivity index (χ0v) is 12.7. The maximum Gasteiger partial charge on any atom is 0.224 e. The molecule has 0 aliphatic carbocycles. The van der Waals surface area contributed by atoms with E-state index in [-0.39, 0.29) is 24.2 Å². The van der Waals surface area contributed by atoms with Gasteiger partial charge in [-0.05, 0) is 42.3 Å². The Morgan fingerprint density at radius 1 is 1.25 bits per heavy atom. The van der Waals surface area contributed by atoms with Crippen molar-refractivity contribution in [3.8, 4) is 0 Å². The van der Waals surface area contributed by atoms with E-state index in [9.17, 15) is 9.18 Å². The Morgan fingerprint density at radius 3 is 2.70 bits per heavy atom. The lowest BCUT2D eigenvalue weighted by Crippen LogP contribution is -2.28. The van der Waals surface area contributed by atoms with Gasteiger partial charge in [0.25, 0.3) is 0 Å². The van der Waals surface area contributed by atoms with Crippen LogP contribution in [0.25, 0.3) is 0 Å². The Kier molecular flexibility index (Phi) is 4.90. The van der Waals surface area contributed by atoms with Crippen molar-refractivity contribution in [1.82, 2.24) is 5.32 Å². The highest BCUT2D eigenvalue weighted by Crippen LogP contribution is 2.18. The van der Waals surface area contributed by atoms with Gasteiger partial charge in [-0.3, -0.25) is 4.79 Å². The lowest BCUT2D eigenvalue weighted by atomic mass is 10.1. The first-order valence-electron chi connectivity index (χ1n) is 6.34. The van der Waals surface area contributed by atoms with Crippen LogP contribution in [0.5, 0.6) is 0 Å². The third-order valence-electron chi connectivity index (χ3n) is 2.98. The highest BCUT2D eigenvalue weighted by atomic mass is 79.9. The minimum absolute atomic E-state index is 0.0893. The smallest absolute Gasteiger partial charge is 0.224 e. The molecular formula is C16H15BrFNO. The number of amides is 1. The van der Waals surface area contributed by atoms with Crippen LogP contribution in [0.1, 0.15) is 24.1 Å². The molecule has 0 saturated heterocycles. The first-order chi connectivity index (χ1) is 9.54. The summed E-state index contributed by atoms with van der Waals surface area (Å²) >= 11 is 3.40. The fourth-order valence-electron chi connectivity index (χ4n) is 1.98. The van der Waals surface area contributed by atoms with Crippen LogP contribution in [0.4, 0.5) is 4.39 Å². The molecule has 1 amide bonds. The van der Waals surface area contributed by atoms with Crippen LogP contribution in [0.15, 0.2) is 53.0 Å². The summed E-state index contributed by atoms with van der Waals surface area (Å²) in [5.41, 5.74) is 1.69. The second-order valence-corrected chi connectivity index (χ2v) is 5.57. The quantitative estimate of drug-likeness (QED) is 0.898. The average Bonchev–Trinajstić information content (AvgIpc) is 2.38. The number of rotatable bonds is 4. The molecule has 1 N–H and O–H groups in total. The summed E-state index contributed by atoms with van der Waals surface area (Å²) in [6.07, 6.45) is 0.177. The largest absolute Gasteiger partial charge is 0.349 e. The molecule has 2 nitrogen and oxygen atoms in total. The SMILES string of the molecule is C[C@H](NC(=O)Cc1cccc(F)c1)c1cccc(Br)c1. The van der Waals surface area contributed by atoms with Crippen molar-refractivity contribution >= 4 is 21.8 Å². The first-order valence-corrected chi connectivity index (χ1v) is 7.13. The molecule has 0 fully saturated rings. The van der Waals surface area contributed by atoms with Gasteiger partial charge in [0.2, 0.25) is 5.91 Å². The second kappa shape index (κ2) is 6.66. The Morgan fingerprint density at radius 2 is 2.00 bits per heavy atom. The van der Waals surface area contributed by atoms with Crippen molar-refractivity contribution in [3.63, 3.8) is 0 Å². The minimum Gasteiger partial charge on any atom is -0.349 e. The molecule has 1 atom stereocenters. The fraction of sp³-hybridized carbons (Fsp3) is 0.188. The van der Waals surface area contributed by atoms with E-state index < -0.39 is 0 Å². The summed E-state index contributed by atoms with van der Waals surface area (Å²) in [5.74, 6) is -0.446. The predicted octanol–water partition coefficient (Wildman–Crippen LogP) is 4.01. The summed E-state index contributed by atoms with van der Waals surface area (Å²) in [7, 11) is 0. The van der Waals surface area contributed by atoms with Gasteiger partial charge in [-0.1, -0.05) is 40.2 Å². The zero-order chi connectivity index (χ0) is 14.5. The molecule has 20 heavy (non-hydrogen) atoms. The predicted molar refractivity (Wildman–Crippen MR) is 80.8 cm³/mol. The lowest BCUT2D eigenvalue weighted by molar-refractivity contribution is -0.121. The van der Waals surface area contributed by atoms with Crippen LogP contribution in [-0.4, -0.2) is 5.91 Å². The summed E-state index contributed by atoms with van der Waals surface area (Å²) in [6.45, 7) is 1.92. The average molecular weight is 336 g/mol. The van der Waals surface area contributed by atoms with E-state index in [4.69, 9.17) is 0 Å². The molecule has 2 aromatic rings. The van der Waals surface area contributed by atoms with Crippen LogP contribution in [0, 0.1) is 5.82 Å². The minimum atomic E-state index is -0.324. The number of halogens is 2. The van der Waals surface area contributed by atoms with Crippen molar-refractivity contribution in [2.75, 3.05) is 0 Å².